The topological polar surface area (TPSA) is 24.6 Å². The molecule has 2 aliphatic heterocycles. The first-order chi connectivity index (χ1) is 32.1. The molecule has 0 N–H and O–H groups in total. The van der Waals surface area contributed by atoms with Crippen molar-refractivity contribution in [2.75, 3.05) is 9.80 Å². The van der Waals surface area contributed by atoms with E-state index in [9.17, 15) is 0 Å². The molecule has 4 nitrogen and oxygen atoms in total. The maximum absolute atomic E-state index is 6.89. The van der Waals surface area contributed by atoms with Crippen LogP contribution < -0.4 is 26.2 Å². The van der Waals surface area contributed by atoms with Gasteiger partial charge in [-0.25, -0.2) is 0 Å². The van der Waals surface area contributed by atoms with Gasteiger partial charge in [-0.2, -0.15) is 0 Å². The van der Waals surface area contributed by atoms with Crippen LogP contribution in [-0.4, -0.2) is 11.3 Å². The van der Waals surface area contributed by atoms with Crippen LogP contribution in [0, 0.1) is 0 Å². The molecule has 9 aromatic carbocycles. The molecule has 5 heteroatoms. The van der Waals surface area contributed by atoms with Crippen molar-refractivity contribution in [1.29, 1.82) is 0 Å². The number of benzene rings is 9. The summed E-state index contributed by atoms with van der Waals surface area (Å²) < 4.78 is 9.36. The highest BCUT2D eigenvalue weighted by atomic mass is 16.3. The maximum atomic E-state index is 6.89. The van der Waals surface area contributed by atoms with E-state index in [1.54, 1.807) is 0 Å². The Hall–Kier alpha value is -7.76. The van der Waals surface area contributed by atoms with Gasteiger partial charge in [-0.05, 0) is 118 Å². The lowest BCUT2D eigenvalue weighted by molar-refractivity contribution is 0.591. The molecule has 11 aromatic rings. The average Bonchev–Trinajstić information content (AvgIpc) is 3.88. The Kier molecular flexibility index (Phi) is 8.28. The van der Waals surface area contributed by atoms with E-state index < -0.39 is 0 Å². The first-order valence-corrected chi connectivity index (χ1v) is 23.2. The minimum atomic E-state index is -0.324. The fourth-order valence-corrected chi connectivity index (χ4v) is 11.4. The van der Waals surface area contributed by atoms with E-state index in [0.29, 0.717) is 0 Å². The molecule has 0 amide bonds. The van der Waals surface area contributed by atoms with Crippen LogP contribution >= 0.6 is 0 Å². The van der Waals surface area contributed by atoms with Crippen LogP contribution in [0.2, 0.25) is 0 Å². The minimum absolute atomic E-state index is 0.0154. The summed E-state index contributed by atoms with van der Waals surface area (Å²) in [7, 11) is 0. The highest BCUT2D eigenvalue weighted by Crippen LogP contribution is 2.48. The third-order valence-corrected chi connectivity index (χ3v) is 14.6. The number of nitrogens with zero attached hydrogens (tertiary/aromatic N) is 3. The van der Waals surface area contributed by atoms with Gasteiger partial charge in [-0.1, -0.05) is 155 Å². The van der Waals surface area contributed by atoms with Crippen molar-refractivity contribution in [2.24, 2.45) is 0 Å². The summed E-state index contributed by atoms with van der Waals surface area (Å²) in [5.41, 5.74) is 19.7. The lowest BCUT2D eigenvalue weighted by atomic mass is 9.30. The Labute approximate surface area is 386 Å². The number of fused-ring (bicyclic) bond motifs is 10. The lowest BCUT2D eigenvalue weighted by Gasteiger charge is -2.45. The van der Waals surface area contributed by atoms with Crippen LogP contribution in [-0.2, 0) is 10.8 Å². The zero-order valence-electron chi connectivity index (χ0n) is 37.9. The SMILES string of the molecule is CC(C)(C)c1ccc2c(c1)c1cc3c(cc1n2-c1ccccc1)N(c1cccc2c1oc1ccccc12)c1cccc2c1B3c1ccc(N(c3ccccc3)c3ccccc3)cc1C2(C)C. The predicted octanol–water partition coefficient (Wildman–Crippen LogP) is 14.4. The molecule has 316 valence electrons. The van der Waals surface area contributed by atoms with Crippen LogP contribution in [0.4, 0.5) is 34.1 Å². The smallest absolute Gasteiger partial charge is 0.247 e. The van der Waals surface area contributed by atoms with E-state index >= 15 is 0 Å². The summed E-state index contributed by atoms with van der Waals surface area (Å²) in [6.45, 7) is 11.7. The zero-order valence-corrected chi connectivity index (χ0v) is 37.9. The van der Waals surface area contributed by atoms with E-state index in [1.165, 1.54) is 60.6 Å². The fraction of sp³-hybridized carbons (Fsp3) is 0.115. The van der Waals surface area contributed by atoms with E-state index in [2.05, 4.69) is 249 Å². The zero-order chi connectivity index (χ0) is 44.5. The van der Waals surface area contributed by atoms with Gasteiger partial charge in [-0.15, -0.1) is 0 Å². The highest BCUT2D eigenvalue weighted by Gasteiger charge is 2.47. The summed E-state index contributed by atoms with van der Waals surface area (Å²) in [4.78, 5) is 4.91. The van der Waals surface area contributed by atoms with Gasteiger partial charge in [0.15, 0.2) is 5.58 Å². The van der Waals surface area contributed by atoms with Gasteiger partial charge < -0.3 is 18.8 Å². The molecule has 0 aliphatic carbocycles. The van der Waals surface area contributed by atoms with Crippen molar-refractivity contribution in [1.82, 2.24) is 4.57 Å². The minimum Gasteiger partial charge on any atom is -0.454 e. The maximum Gasteiger partial charge on any atom is 0.247 e. The van der Waals surface area contributed by atoms with Gasteiger partial charge >= 0.3 is 0 Å². The molecule has 2 aromatic heterocycles. The Bertz CT molecular complexity index is 3690. The molecular weight excluding hydrogens is 802 g/mol. The molecule has 0 atom stereocenters. The van der Waals surface area contributed by atoms with Crippen LogP contribution in [0.3, 0.4) is 0 Å². The number of furan rings is 1. The molecule has 66 heavy (non-hydrogen) atoms. The standard InChI is InChI=1S/C61H48BN3O/c1-60(2,3)39-31-34-52-46(35-39)47-37-51-56(38-55(47)64(52)42-23-13-8-14-24-42)65(54-29-17-26-45-44-25-15-16-30-57(44)66-59(45)54)53-28-18-27-48-58(53)62(51)50-33-32-43(36-49(50)61(48,4)5)63(40-19-9-6-10-20-40)41-21-11-7-12-22-41/h6-38H,1-5H3. The van der Waals surface area contributed by atoms with E-state index in [0.717, 1.165) is 56.1 Å². The Morgan fingerprint density at radius 2 is 1.14 bits per heavy atom. The number of rotatable bonds is 5. The number of anilines is 6. The molecule has 0 bridgehead atoms. The van der Waals surface area contributed by atoms with Crippen molar-refractivity contribution in [3.05, 3.63) is 217 Å². The van der Waals surface area contributed by atoms with Gasteiger partial charge in [0, 0.05) is 61.1 Å². The van der Waals surface area contributed by atoms with Crippen molar-refractivity contribution in [2.45, 2.75) is 45.4 Å². The second kappa shape index (κ2) is 14.1. The first-order valence-electron chi connectivity index (χ1n) is 23.2. The van der Waals surface area contributed by atoms with E-state index in [1.807, 2.05) is 0 Å². The molecule has 13 rings (SSSR count). The number of hydrogen-bond donors (Lipinski definition) is 0. The van der Waals surface area contributed by atoms with Gasteiger partial charge in [0.1, 0.15) is 5.58 Å². The van der Waals surface area contributed by atoms with E-state index in [-0.39, 0.29) is 17.5 Å². The summed E-state index contributed by atoms with van der Waals surface area (Å²) in [5, 5.41) is 4.76. The Balaban J connectivity index is 1.14. The average molecular weight is 850 g/mol. The number of para-hydroxylation sites is 5. The first kappa shape index (κ1) is 38.7. The largest absolute Gasteiger partial charge is 0.454 e. The van der Waals surface area contributed by atoms with Gasteiger partial charge in [0.2, 0.25) is 6.71 Å². The fourth-order valence-electron chi connectivity index (χ4n) is 11.4. The van der Waals surface area contributed by atoms with Crippen molar-refractivity contribution in [3.63, 3.8) is 0 Å². The van der Waals surface area contributed by atoms with Crippen LogP contribution in [0.5, 0.6) is 0 Å². The highest BCUT2D eigenvalue weighted by molar-refractivity contribution is 6.99. The summed E-state index contributed by atoms with van der Waals surface area (Å²) >= 11 is 0. The van der Waals surface area contributed by atoms with Crippen molar-refractivity contribution < 1.29 is 4.42 Å². The molecule has 2 aliphatic rings. The summed E-state index contributed by atoms with van der Waals surface area (Å²) in [6.07, 6.45) is 0. The Morgan fingerprint density at radius 1 is 0.485 bits per heavy atom. The third kappa shape index (κ3) is 5.59. The molecule has 0 unspecified atom stereocenters. The molecule has 0 saturated carbocycles. The van der Waals surface area contributed by atoms with Gasteiger partial charge in [-0.3, -0.25) is 0 Å². The van der Waals surface area contributed by atoms with Crippen molar-refractivity contribution >= 4 is 101 Å². The predicted molar refractivity (Wildman–Crippen MR) is 279 cm³/mol. The van der Waals surface area contributed by atoms with Gasteiger partial charge in [0.05, 0.1) is 16.7 Å². The van der Waals surface area contributed by atoms with E-state index in [4.69, 9.17) is 4.42 Å². The van der Waals surface area contributed by atoms with Crippen LogP contribution in [0.1, 0.15) is 51.3 Å². The molecular formula is C61H48BN3O. The molecule has 0 radical (unpaired) electrons. The molecule has 4 heterocycles. The van der Waals surface area contributed by atoms with Crippen molar-refractivity contribution in [3.8, 4) is 5.69 Å². The quantitative estimate of drug-likeness (QED) is 0.161. The third-order valence-electron chi connectivity index (χ3n) is 14.6. The second-order valence-electron chi connectivity index (χ2n) is 19.7. The number of aromatic nitrogens is 1. The Morgan fingerprint density at radius 3 is 1.88 bits per heavy atom. The van der Waals surface area contributed by atoms with Crippen LogP contribution in [0.25, 0.3) is 49.4 Å². The second-order valence-corrected chi connectivity index (χ2v) is 19.7. The van der Waals surface area contributed by atoms with Gasteiger partial charge in [0.25, 0.3) is 0 Å². The number of hydrogen-bond acceptors (Lipinski definition) is 3. The monoisotopic (exact) mass is 849 g/mol. The normalized spacial score (nSPS) is 13.9. The molecule has 0 saturated heterocycles. The molecule has 0 fully saturated rings. The van der Waals surface area contributed by atoms with Crippen LogP contribution in [0.15, 0.2) is 205 Å². The molecule has 0 spiro atoms. The summed E-state index contributed by atoms with van der Waals surface area (Å²) in [5.74, 6) is 0. The summed E-state index contributed by atoms with van der Waals surface area (Å²) in [6, 6.07) is 73.8. The lowest BCUT2D eigenvalue weighted by Crippen LogP contribution is -2.64.